The smallest absolute Gasteiger partial charge is 0.459 e. The lowest BCUT2D eigenvalue weighted by Crippen LogP contribution is -2.45. The summed E-state index contributed by atoms with van der Waals surface area (Å²) < 4.78 is 51.4. The zero-order valence-electron chi connectivity index (χ0n) is 20.4. The number of nitrogens with zero attached hydrogens (tertiary/aromatic N) is 1. The van der Waals surface area contributed by atoms with Crippen molar-refractivity contribution in [3.8, 4) is 5.75 Å². The first-order chi connectivity index (χ1) is 17.4. The van der Waals surface area contributed by atoms with Crippen molar-refractivity contribution in [2.45, 2.75) is 57.0 Å². The average molecular weight is 541 g/mol. The van der Waals surface area contributed by atoms with Crippen LogP contribution in [0.3, 0.4) is 0 Å². The SMILES string of the molecule is C=C[C@]1(COP(=O)(NC(C)C(=O)OC(C)C)Oc2ccccc2)O[C@@H](n2ccc(=O)[nH]c2=O)[C@H](F)[C@@H]1O. The fourth-order valence-electron chi connectivity index (χ4n) is 3.49. The number of aromatic nitrogens is 2. The van der Waals surface area contributed by atoms with Crippen LogP contribution < -0.4 is 20.9 Å². The summed E-state index contributed by atoms with van der Waals surface area (Å²) in [5.41, 5.74) is -3.66. The third-order valence-electron chi connectivity index (χ3n) is 5.37. The second-order valence-corrected chi connectivity index (χ2v) is 10.3. The summed E-state index contributed by atoms with van der Waals surface area (Å²) in [7, 11) is -4.39. The molecule has 2 unspecified atom stereocenters. The molecular weight excluding hydrogens is 512 g/mol. The number of nitrogens with one attached hydrogen (secondary N) is 2. The van der Waals surface area contributed by atoms with E-state index in [1.54, 1.807) is 32.0 Å². The summed E-state index contributed by atoms with van der Waals surface area (Å²) in [6.07, 6.45) is -4.12. The minimum Gasteiger partial charge on any atom is -0.462 e. The molecule has 0 aliphatic carbocycles. The zero-order chi connectivity index (χ0) is 27.4. The Morgan fingerprint density at radius 2 is 2.00 bits per heavy atom. The van der Waals surface area contributed by atoms with Gasteiger partial charge in [-0.1, -0.05) is 24.3 Å². The molecule has 3 rings (SSSR count). The van der Waals surface area contributed by atoms with Crippen molar-refractivity contribution in [3.05, 3.63) is 76.1 Å². The standard InChI is InChI=1S/C23H29FN3O9P/c1-5-23(19(29)18(24)20(35-23)27-12-11-17(28)25-22(27)31)13-33-37(32,36-16-9-7-6-8-10-16)26-15(4)21(30)34-14(2)3/h5-12,14-15,18-20,29H,1,13H2,2-4H3,(H,26,32)(H,25,28,31)/t15?,18-,19+,20-,23-,37?/m1/s1. The van der Waals surface area contributed by atoms with E-state index in [4.69, 9.17) is 18.5 Å². The molecule has 0 saturated carbocycles. The van der Waals surface area contributed by atoms with E-state index in [2.05, 4.69) is 11.7 Å². The van der Waals surface area contributed by atoms with E-state index in [9.17, 15) is 24.1 Å². The number of ether oxygens (including phenoxy) is 2. The van der Waals surface area contributed by atoms with Crippen molar-refractivity contribution >= 4 is 13.7 Å². The quantitative estimate of drug-likeness (QED) is 0.218. The fraction of sp³-hybridized carbons (Fsp3) is 0.435. The summed E-state index contributed by atoms with van der Waals surface area (Å²) in [4.78, 5) is 37.8. The molecule has 2 heterocycles. The predicted octanol–water partition coefficient (Wildman–Crippen LogP) is 1.82. The molecule has 202 valence electrons. The summed E-state index contributed by atoms with van der Waals surface area (Å²) in [5.74, 6) is -0.600. The van der Waals surface area contributed by atoms with Gasteiger partial charge in [0.25, 0.3) is 5.56 Å². The number of H-pyrrole nitrogens is 1. The summed E-state index contributed by atoms with van der Waals surface area (Å²) >= 11 is 0. The van der Waals surface area contributed by atoms with Gasteiger partial charge < -0.3 is 19.1 Å². The van der Waals surface area contributed by atoms with Crippen LogP contribution in [0.2, 0.25) is 0 Å². The molecule has 1 aliphatic heterocycles. The first-order valence-electron chi connectivity index (χ1n) is 11.3. The van der Waals surface area contributed by atoms with E-state index in [-0.39, 0.29) is 5.75 Å². The van der Waals surface area contributed by atoms with E-state index in [1.807, 2.05) is 4.98 Å². The molecule has 0 bridgehead atoms. The Hall–Kier alpha value is -3.09. The minimum absolute atomic E-state index is 0.129. The summed E-state index contributed by atoms with van der Waals surface area (Å²) in [6, 6.07) is 7.76. The number of aliphatic hydroxyl groups is 1. The topological polar surface area (TPSA) is 158 Å². The predicted molar refractivity (Wildman–Crippen MR) is 130 cm³/mol. The summed E-state index contributed by atoms with van der Waals surface area (Å²) in [6.45, 7) is 7.49. The molecule has 1 aliphatic rings. The number of benzene rings is 1. The van der Waals surface area contributed by atoms with Crippen molar-refractivity contribution in [2.75, 3.05) is 6.61 Å². The molecule has 1 fully saturated rings. The Bertz CT molecular complexity index is 1270. The molecule has 0 spiro atoms. The Labute approximate surface area is 211 Å². The largest absolute Gasteiger partial charge is 0.462 e. The van der Waals surface area contributed by atoms with Crippen LogP contribution in [0.1, 0.15) is 27.0 Å². The molecule has 1 aromatic heterocycles. The maximum absolute atomic E-state index is 15.1. The highest BCUT2D eigenvalue weighted by Gasteiger charge is 2.56. The van der Waals surface area contributed by atoms with Crippen LogP contribution in [0, 0.1) is 0 Å². The Balaban J connectivity index is 1.86. The van der Waals surface area contributed by atoms with E-state index in [1.165, 1.54) is 19.1 Å². The van der Waals surface area contributed by atoms with Crippen molar-refractivity contribution in [3.63, 3.8) is 0 Å². The first-order valence-corrected chi connectivity index (χ1v) is 12.9. The molecule has 0 amide bonds. The number of aromatic amines is 1. The van der Waals surface area contributed by atoms with Crippen LogP contribution in [-0.2, 0) is 23.4 Å². The number of rotatable bonds is 11. The van der Waals surface area contributed by atoms with Gasteiger partial charge in [-0.2, -0.15) is 5.09 Å². The summed E-state index contributed by atoms with van der Waals surface area (Å²) in [5, 5.41) is 13.2. The second kappa shape index (κ2) is 11.5. The number of alkyl halides is 1. The Morgan fingerprint density at radius 1 is 1.32 bits per heavy atom. The van der Waals surface area contributed by atoms with Gasteiger partial charge >= 0.3 is 19.4 Å². The lowest BCUT2D eigenvalue weighted by molar-refractivity contribution is -0.149. The number of para-hydroxylation sites is 1. The minimum atomic E-state index is -4.39. The van der Waals surface area contributed by atoms with Crippen LogP contribution in [0.5, 0.6) is 5.75 Å². The van der Waals surface area contributed by atoms with Crippen molar-refractivity contribution < 1.29 is 37.4 Å². The highest BCUT2D eigenvalue weighted by molar-refractivity contribution is 7.52. The van der Waals surface area contributed by atoms with Gasteiger partial charge in [-0.25, -0.2) is 13.8 Å². The molecule has 1 saturated heterocycles. The number of hydrogen-bond acceptors (Lipinski definition) is 9. The molecule has 2 aromatic rings. The van der Waals surface area contributed by atoms with Gasteiger partial charge in [0.15, 0.2) is 12.4 Å². The van der Waals surface area contributed by atoms with Crippen molar-refractivity contribution in [1.29, 1.82) is 0 Å². The normalized spacial score (nSPS) is 25.8. The molecule has 1 aromatic carbocycles. The van der Waals surface area contributed by atoms with Crippen molar-refractivity contribution in [2.24, 2.45) is 0 Å². The number of carbonyl (C=O) groups is 1. The third kappa shape index (κ3) is 6.62. The molecule has 3 N–H and O–H groups in total. The Morgan fingerprint density at radius 3 is 2.59 bits per heavy atom. The molecular formula is C23H29FN3O9P. The number of carbonyl (C=O) groups excluding carboxylic acids is 1. The Kier molecular flexibility index (Phi) is 8.88. The van der Waals surface area contributed by atoms with Crippen LogP contribution >= 0.6 is 7.75 Å². The number of hydrogen-bond donors (Lipinski definition) is 3. The van der Waals surface area contributed by atoms with Gasteiger partial charge in [0, 0.05) is 12.3 Å². The molecule has 37 heavy (non-hydrogen) atoms. The van der Waals surface area contributed by atoms with Gasteiger partial charge in [0.1, 0.15) is 23.5 Å². The number of aliphatic hydroxyl groups excluding tert-OH is 1. The maximum atomic E-state index is 15.1. The average Bonchev–Trinajstić information content (AvgIpc) is 3.08. The lowest BCUT2D eigenvalue weighted by atomic mass is 9.97. The second-order valence-electron chi connectivity index (χ2n) is 8.59. The number of halogens is 1. The lowest BCUT2D eigenvalue weighted by Gasteiger charge is -2.30. The molecule has 12 nitrogen and oxygen atoms in total. The van der Waals surface area contributed by atoms with Crippen molar-refractivity contribution in [1.82, 2.24) is 14.6 Å². The van der Waals surface area contributed by atoms with E-state index in [0.717, 1.165) is 22.9 Å². The van der Waals surface area contributed by atoms with Crippen LogP contribution in [-0.4, -0.2) is 57.3 Å². The molecule has 14 heteroatoms. The zero-order valence-corrected chi connectivity index (χ0v) is 21.3. The highest BCUT2D eigenvalue weighted by Crippen LogP contribution is 2.48. The maximum Gasteiger partial charge on any atom is 0.459 e. The van der Waals surface area contributed by atoms with E-state index >= 15 is 4.39 Å². The number of esters is 1. The van der Waals surface area contributed by atoms with Gasteiger partial charge in [-0.15, -0.1) is 6.58 Å². The monoisotopic (exact) mass is 541 g/mol. The van der Waals surface area contributed by atoms with Crippen LogP contribution in [0.25, 0.3) is 0 Å². The van der Waals surface area contributed by atoms with Gasteiger partial charge in [-0.3, -0.25) is 23.7 Å². The van der Waals surface area contributed by atoms with Gasteiger partial charge in [-0.05, 0) is 32.9 Å². The van der Waals surface area contributed by atoms with Gasteiger partial charge in [0.2, 0.25) is 0 Å². The first kappa shape index (κ1) is 28.5. The fourth-order valence-corrected chi connectivity index (χ4v) is 5.02. The third-order valence-corrected chi connectivity index (χ3v) is 7.00. The molecule has 0 radical (unpaired) electrons. The van der Waals surface area contributed by atoms with Crippen LogP contribution in [0.15, 0.2) is 64.8 Å². The van der Waals surface area contributed by atoms with Gasteiger partial charge in [0.05, 0.1) is 12.7 Å². The van der Waals surface area contributed by atoms with Crippen LogP contribution in [0.4, 0.5) is 4.39 Å². The highest BCUT2D eigenvalue weighted by atomic mass is 31.2. The molecule has 6 atom stereocenters. The van der Waals surface area contributed by atoms with E-state index in [0.29, 0.717) is 0 Å². The van der Waals surface area contributed by atoms with E-state index < -0.39 is 67.8 Å².